The number of thiazole rings is 2. The number of nitrogens with zero attached hydrogens (tertiary/aromatic N) is 5. The van der Waals surface area contributed by atoms with Crippen LogP contribution in [0.4, 0.5) is 8.78 Å². The molecule has 0 radical (unpaired) electrons. The number of nitrogens with one attached hydrogen (secondary N) is 4. The van der Waals surface area contributed by atoms with E-state index in [0.29, 0.717) is 68.3 Å². The number of aliphatic hydroxyl groups excluding tert-OH is 1. The van der Waals surface area contributed by atoms with Crippen LogP contribution in [0.25, 0.3) is 33.9 Å². The van der Waals surface area contributed by atoms with Crippen LogP contribution in [0.3, 0.4) is 0 Å². The summed E-state index contributed by atoms with van der Waals surface area (Å²) in [4.78, 5) is 107. The van der Waals surface area contributed by atoms with Crippen LogP contribution in [0, 0.1) is 11.8 Å². The maximum Gasteiger partial charge on any atom is 0.339 e. The average molecular weight is 1460 g/mol. The molecule has 0 bridgehead atoms. The molecule has 5 aromatic heterocycles. The number of fused-ring (bicyclic) bond motifs is 1. The maximum atomic E-state index is 13.5. The monoisotopic (exact) mass is 1460 g/mol. The van der Waals surface area contributed by atoms with E-state index >= 15 is 0 Å². The standard InChI is InChI=1S/C22H16N2O4S.C20H24N2O3.C17H18F2N2O4S.C15H18N4O3S/c25-20(24-19(22(26)27)15-10-11-29-13-15)16-8-4-5-9-17(16)21-23-12-18(28-21)14-6-2-1-3-7-14;1-13(2)18(21)19(23)22-17(20(24)25)12-14-8-10-16(11-9-14)15-6-4-3-5-7-15;1-17(18,19)11-4-2-3-10(7-11)14(15(23)16(24)25)21-13(22)6-5-12-8-26-9-20-12;20-14(2-1-11-8-23-9-17-11)16-6-10-3-4-19-13(5-10)12(7-18-19)15(21)22/h1-13,19H,(H,24,25)(H,26,27);3-11,13,17-18H,12,21H2,1-2H3,(H,22,23)(H,24,25);2-4,7-9,14-15,23H,5-6H2,1H3,(H,21,22)(H,24,25);7-10H,1-6H2,(H,16,20)(H,21,22). The van der Waals surface area contributed by atoms with E-state index in [4.69, 9.17) is 20.4 Å². The van der Waals surface area contributed by atoms with Crippen LogP contribution in [-0.4, -0.2) is 123 Å². The number of amides is 4. The first kappa shape index (κ1) is 77.8. The van der Waals surface area contributed by atoms with Gasteiger partial charge >= 0.3 is 23.9 Å². The van der Waals surface area contributed by atoms with E-state index in [1.54, 1.807) is 68.4 Å². The first-order chi connectivity index (χ1) is 49.3. The molecule has 24 nitrogen and oxygen atoms in total. The van der Waals surface area contributed by atoms with E-state index in [1.807, 2.05) is 104 Å². The van der Waals surface area contributed by atoms with Crippen LogP contribution in [0.5, 0.6) is 0 Å². The Labute approximate surface area is 602 Å². The van der Waals surface area contributed by atoms with E-state index in [0.717, 1.165) is 46.1 Å². The summed E-state index contributed by atoms with van der Waals surface area (Å²) in [7, 11) is 0. The number of aromatic nitrogens is 5. The number of nitrogens with two attached hydrogens (primary N) is 1. The number of aliphatic hydroxyl groups is 1. The van der Waals surface area contributed by atoms with Crippen LogP contribution in [0.1, 0.15) is 112 Å². The Kier molecular flexibility index (Phi) is 28.4. The predicted octanol–water partition coefficient (Wildman–Crippen LogP) is 10.9. The highest BCUT2D eigenvalue weighted by molar-refractivity contribution is 7.08. The molecule has 0 spiro atoms. The van der Waals surface area contributed by atoms with Gasteiger partial charge in [-0.25, -0.2) is 42.9 Å². The number of hydrogen-bond acceptors (Lipinski definition) is 18. The SMILES string of the molecule is CC(C)C(N)C(=O)NC(Cc1ccc(-c2ccccc2)cc1)C(=O)O.CC(F)(F)c1cccc(C(NC(=O)CCc2cscn2)C(O)C(=O)O)c1.O=C(CCc1cscn1)NCC1CCn2ncc(C(=O)O)c2C1.O=C(NC(C(=O)O)c1ccsc1)c1ccccc1-c1ncc(-c2ccccc2)o1. The number of aromatic carboxylic acids is 1. The number of thiophene rings is 1. The number of rotatable bonds is 27. The molecule has 538 valence electrons. The van der Waals surface area contributed by atoms with Gasteiger partial charge in [0.1, 0.15) is 11.6 Å². The molecule has 0 saturated heterocycles. The highest BCUT2D eigenvalue weighted by Gasteiger charge is 2.33. The lowest BCUT2D eigenvalue weighted by atomic mass is 9.94. The van der Waals surface area contributed by atoms with Gasteiger partial charge in [-0.2, -0.15) is 16.4 Å². The van der Waals surface area contributed by atoms with Gasteiger partial charge in [-0.05, 0) is 100 Å². The van der Waals surface area contributed by atoms with Gasteiger partial charge in [-0.15, -0.1) is 22.7 Å². The van der Waals surface area contributed by atoms with Gasteiger partial charge in [0, 0.05) is 66.7 Å². The number of alkyl halides is 2. The minimum atomic E-state index is -3.14. The third kappa shape index (κ3) is 23.0. The number of benzene rings is 5. The molecule has 6 unspecified atom stereocenters. The zero-order valence-corrected chi connectivity index (χ0v) is 58.5. The average Bonchev–Trinajstić information content (AvgIpc) is 1.72. The first-order valence-corrected chi connectivity index (χ1v) is 35.2. The summed E-state index contributed by atoms with van der Waals surface area (Å²) in [5, 5.41) is 68.8. The topological polar surface area (TPSA) is 381 Å². The van der Waals surface area contributed by atoms with Gasteiger partial charge < -0.3 is 57.0 Å². The quantitative estimate of drug-likeness (QED) is 0.0229. The number of carbonyl (C=O) groups is 8. The zero-order chi connectivity index (χ0) is 74.2. The molecule has 5 aromatic carbocycles. The molecule has 6 heterocycles. The number of carbonyl (C=O) groups excluding carboxylic acids is 4. The lowest BCUT2D eigenvalue weighted by molar-refractivity contribution is -0.149. The fraction of sp³-hybridized carbons (Fsp3) is 0.270. The highest BCUT2D eigenvalue weighted by atomic mass is 32.1. The van der Waals surface area contributed by atoms with Crippen LogP contribution in [-0.2, 0) is 66.9 Å². The van der Waals surface area contributed by atoms with E-state index < -0.39 is 77.8 Å². The zero-order valence-electron chi connectivity index (χ0n) is 56.0. The van der Waals surface area contributed by atoms with Crippen LogP contribution >= 0.6 is 34.0 Å². The molecule has 4 amide bonds. The molecule has 29 heteroatoms. The summed E-state index contributed by atoms with van der Waals surface area (Å²) in [5.41, 5.74) is 16.8. The molecule has 0 fully saturated rings. The molecule has 11 N–H and O–H groups in total. The summed E-state index contributed by atoms with van der Waals surface area (Å²) in [6, 6.07) is 36.4. The van der Waals surface area contributed by atoms with Gasteiger partial charge in [0.2, 0.25) is 23.6 Å². The van der Waals surface area contributed by atoms with Gasteiger partial charge in [0.05, 0.1) is 58.1 Å². The molecule has 103 heavy (non-hydrogen) atoms. The minimum absolute atomic E-state index is 0.00976. The van der Waals surface area contributed by atoms with Gasteiger partial charge in [-0.1, -0.05) is 129 Å². The van der Waals surface area contributed by atoms with Crippen molar-refractivity contribution in [2.24, 2.45) is 17.6 Å². The van der Waals surface area contributed by atoms with Gasteiger partial charge in [0.25, 0.3) is 11.8 Å². The first-order valence-electron chi connectivity index (χ1n) is 32.4. The van der Waals surface area contributed by atoms with Crippen molar-refractivity contribution in [1.82, 2.24) is 46.0 Å². The number of carboxylic acids is 4. The predicted molar refractivity (Wildman–Crippen MR) is 383 cm³/mol. The summed E-state index contributed by atoms with van der Waals surface area (Å²) >= 11 is 4.28. The van der Waals surface area contributed by atoms with Crippen molar-refractivity contribution < 1.29 is 77.1 Å². The van der Waals surface area contributed by atoms with Crippen LogP contribution in [0.15, 0.2) is 189 Å². The molecule has 6 atom stereocenters. The van der Waals surface area contributed by atoms with Crippen LogP contribution in [0.2, 0.25) is 0 Å². The third-order valence-electron chi connectivity index (χ3n) is 16.3. The van der Waals surface area contributed by atoms with Crippen molar-refractivity contribution >= 4 is 81.5 Å². The van der Waals surface area contributed by atoms with E-state index in [-0.39, 0.29) is 58.7 Å². The Morgan fingerprint density at radius 1 is 0.670 bits per heavy atom. The second kappa shape index (κ2) is 37.6. The third-order valence-corrected chi connectivity index (χ3v) is 18.3. The maximum absolute atomic E-state index is 13.5. The van der Waals surface area contributed by atoms with E-state index in [2.05, 4.69) is 41.3 Å². The summed E-state index contributed by atoms with van der Waals surface area (Å²) < 4.78 is 34.7. The Balaban J connectivity index is 0.000000175. The normalized spacial score (nSPS) is 13.8. The van der Waals surface area contributed by atoms with Crippen molar-refractivity contribution in [3.05, 3.63) is 235 Å². The second-order valence-electron chi connectivity index (χ2n) is 24.2. The van der Waals surface area contributed by atoms with Crippen molar-refractivity contribution in [3.8, 4) is 33.9 Å². The molecule has 10 aromatic rings. The molecular formula is C74H76F2N10O14S3. The number of aliphatic carboxylic acids is 3. The molecule has 1 aliphatic rings. The lowest BCUT2D eigenvalue weighted by Gasteiger charge is -2.24. The van der Waals surface area contributed by atoms with E-state index in [1.165, 1.54) is 58.4 Å². The lowest BCUT2D eigenvalue weighted by Crippen LogP contribution is -2.51. The largest absolute Gasteiger partial charge is 0.480 e. The van der Waals surface area contributed by atoms with E-state index in [9.17, 15) is 62.5 Å². The van der Waals surface area contributed by atoms with Gasteiger partial charge in [0.15, 0.2) is 17.9 Å². The van der Waals surface area contributed by atoms with Crippen molar-refractivity contribution in [2.75, 3.05) is 6.54 Å². The Bertz CT molecular complexity index is 4420. The van der Waals surface area contributed by atoms with Crippen molar-refractivity contribution in [2.45, 2.75) is 108 Å². The number of hydrogen-bond donors (Lipinski definition) is 10. The number of carboxylic acid groups (broad SMARTS) is 4. The Morgan fingerprint density at radius 2 is 1.30 bits per heavy atom. The molecular weight excluding hydrogens is 1390 g/mol. The van der Waals surface area contributed by atoms with Crippen LogP contribution < -0.4 is 27.0 Å². The summed E-state index contributed by atoms with van der Waals surface area (Å²) in [6.07, 6.45) is 4.21. The van der Waals surface area contributed by atoms with Crippen molar-refractivity contribution in [1.29, 1.82) is 0 Å². The molecule has 0 aliphatic carbocycles. The second-order valence-corrected chi connectivity index (χ2v) is 26.4. The highest BCUT2D eigenvalue weighted by Crippen LogP contribution is 2.32. The fourth-order valence-corrected chi connectivity index (χ4v) is 12.4. The molecule has 0 saturated carbocycles. The molecule has 11 rings (SSSR count). The molecule has 1 aliphatic heterocycles. The Hall–Kier alpha value is -11.0. The summed E-state index contributed by atoms with van der Waals surface area (Å²) in [5.74, 6) is -8.25. The van der Waals surface area contributed by atoms with Gasteiger partial charge in [-0.3, -0.25) is 23.9 Å². The summed E-state index contributed by atoms with van der Waals surface area (Å²) in [6.45, 7) is 5.62. The minimum Gasteiger partial charge on any atom is -0.480 e. The van der Waals surface area contributed by atoms with Crippen molar-refractivity contribution in [3.63, 3.8) is 0 Å². The fourth-order valence-electron chi connectivity index (χ4n) is 10.5. The Morgan fingerprint density at radius 3 is 1.88 bits per heavy atom. The smallest absolute Gasteiger partial charge is 0.339 e. The number of halogens is 2. The number of aryl methyl sites for hydroxylation is 3. The number of oxazole rings is 1.